The van der Waals surface area contributed by atoms with Gasteiger partial charge in [0, 0.05) is 11.4 Å². The molecule has 112 valence electrons. The van der Waals surface area contributed by atoms with E-state index in [9.17, 15) is 4.79 Å². The minimum Gasteiger partial charge on any atom is -0.452 e. The Morgan fingerprint density at radius 1 is 1.18 bits per heavy atom. The first kappa shape index (κ1) is 14.2. The Balaban J connectivity index is 1.85. The standard InChI is InChI=1S/C16H16N4O2/c1-10-9-11(2)20-16(17-10)18-14(19-20)15(21)22-12(3)13-7-5-4-6-8-13/h4-9,12H,1-3H3/t12-/m1/s1. The normalized spacial score (nSPS) is 12.3. The zero-order valence-electron chi connectivity index (χ0n) is 12.6. The van der Waals surface area contributed by atoms with Crippen LogP contribution in [0.3, 0.4) is 0 Å². The van der Waals surface area contributed by atoms with E-state index in [2.05, 4.69) is 15.1 Å². The highest BCUT2D eigenvalue weighted by atomic mass is 16.5. The molecule has 0 amide bonds. The van der Waals surface area contributed by atoms with Crippen molar-refractivity contribution >= 4 is 11.7 Å². The van der Waals surface area contributed by atoms with Crippen LogP contribution in [0.25, 0.3) is 5.78 Å². The first-order chi connectivity index (χ1) is 10.5. The Kier molecular flexibility index (Phi) is 3.58. The molecule has 3 aromatic rings. The van der Waals surface area contributed by atoms with Crippen LogP contribution in [-0.2, 0) is 4.74 Å². The van der Waals surface area contributed by atoms with E-state index in [-0.39, 0.29) is 11.9 Å². The van der Waals surface area contributed by atoms with Crippen molar-refractivity contribution in [1.82, 2.24) is 19.6 Å². The second kappa shape index (κ2) is 5.55. The second-order valence-corrected chi connectivity index (χ2v) is 5.14. The van der Waals surface area contributed by atoms with Gasteiger partial charge in [0.15, 0.2) is 0 Å². The summed E-state index contributed by atoms with van der Waals surface area (Å²) in [5, 5.41) is 4.17. The number of hydrogen-bond acceptors (Lipinski definition) is 5. The van der Waals surface area contributed by atoms with Crippen molar-refractivity contribution in [3.8, 4) is 0 Å². The highest BCUT2D eigenvalue weighted by Gasteiger charge is 2.19. The first-order valence-electron chi connectivity index (χ1n) is 7.01. The monoisotopic (exact) mass is 296 g/mol. The molecule has 1 atom stereocenters. The number of esters is 1. The van der Waals surface area contributed by atoms with Gasteiger partial charge in [-0.2, -0.15) is 4.98 Å². The van der Waals surface area contributed by atoms with Crippen LogP contribution < -0.4 is 0 Å². The molecule has 0 aliphatic rings. The summed E-state index contributed by atoms with van der Waals surface area (Å²) < 4.78 is 6.96. The van der Waals surface area contributed by atoms with Crippen molar-refractivity contribution < 1.29 is 9.53 Å². The predicted molar refractivity (Wildman–Crippen MR) is 80.5 cm³/mol. The molecule has 2 aromatic heterocycles. The molecule has 6 heteroatoms. The molecule has 1 aromatic carbocycles. The Morgan fingerprint density at radius 2 is 1.91 bits per heavy atom. The third-order valence-electron chi connectivity index (χ3n) is 3.35. The van der Waals surface area contributed by atoms with Gasteiger partial charge in [-0.15, -0.1) is 5.10 Å². The molecule has 0 radical (unpaired) electrons. The highest BCUT2D eigenvalue weighted by molar-refractivity contribution is 5.85. The Labute approximate surface area is 127 Å². The number of aromatic nitrogens is 4. The molecule has 0 unspecified atom stereocenters. The summed E-state index contributed by atoms with van der Waals surface area (Å²) in [6, 6.07) is 11.4. The lowest BCUT2D eigenvalue weighted by atomic mass is 10.1. The minimum absolute atomic E-state index is 0.0176. The number of carbonyl (C=O) groups is 1. The molecule has 0 bridgehead atoms. The van der Waals surface area contributed by atoms with Gasteiger partial charge < -0.3 is 4.74 Å². The van der Waals surface area contributed by atoms with Crippen LogP contribution in [0.2, 0.25) is 0 Å². The molecule has 6 nitrogen and oxygen atoms in total. The van der Waals surface area contributed by atoms with Crippen LogP contribution >= 0.6 is 0 Å². The third kappa shape index (κ3) is 2.67. The minimum atomic E-state index is -0.557. The Bertz CT molecular complexity index is 827. The molecule has 0 aliphatic carbocycles. The average Bonchev–Trinajstić information content (AvgIpc) is 2.92. The van der Waals surface area contributed by atoms with Gasteiger partial charge >= 0.3 is 5.97 Å². The highest BCUT2D eigenvalue weighted by Crippen LogP contribution is 2.17. The topological polar surface area (TPSA) is 69.4 Å². The van der Waals surface area contributed by atoms with Gasteiger partial charge in [0.05, 0.1) is 0 Å². The molecule has 0 saturated heterocycles. The largest absolute Gasteiger partial charge is 0.452 e. The van der Waals surface area contributed by atoms with Crippen molar-refractivity contribution in [1.29, 1.82) is 0 Å². The number of rotatable bonds is 3. The maximum atomic E-state index is 12.2. The SMILES string of the molecule is Cc1cc(C)n2nc(C(=O)O[C@H](C)c3ccccc3)nc2n1. The zero-order chi connectivity index (χ0) is 15.7. The maximum Gasteiger partial charge on any atom is 0.378 e. The van der Waals surface area contributed by atoms with Crippen molar-refractivity contribution in [2.24, 2.45) is 0 Å². The number of fused-ring (bicyclic) bond motifs is 1. The molecule has 22 heavy (non-hydrogen) atoms. The maximum absolute atomic E-state index is 12.2. The number of hydrogen-bond donors (Lipinski definition) is 0. The van der Waals surface area contributed by atoms with Crippen molar-refractivity contribution in [2.45, 2.75) is 26.9 Å². The summed E-state index contributed by atoms with van der Waals surface area (Å²) in [6.07, 6.45) is -0.365. The fourth-order valence-corrected chi connectivity index (χ4v) is 2.26. The van der Waals surface area contributed by atoms with Gasteiger partial charge in [0.1, 0.15) is 6.10 Å². The van der Waals surface area contributed by atoms with Crippen LogP contribution in [0.4, 0.5) is 0 Å². The molecule has 0 spiro atoms. The number of nitrogens with zero attached hydrogens (tertiary/aromatic N) is 4. The van der Waals surface area contributed by atoms with Gasteiger partial charge in [0.2, 0.25) is 0 Å². The number of ether oxygens (including phenoxy) is 1. The van der Waals surface area contributed by atoms with Crippen molar-refractivity contribution in [3.05, 3.63) is 59.2 Å². The smallest absolute Gasteiger partial charge is 0.378 e. The zero-order valence-corrected chi connectivity index (χ0v) is 12.6. The lowest BCUT2D eigenvalue weighted by Gasteiger charge is -2.11. The fourth-order valence-electron chi connectivity index (χ4n) is 2.26. The average molecular weight is 296 g/mol. The van der Waals surface area contributed by atoms with Gasteiger partial charge in [-0.25, -0.2) is 14.3 Å². The first-order valence-corrected chi connectivity index (χ1v) is 7.01. The second-order valence-electron chi connectivity index (χ2n) is 5.14. The Morgan fingerprint density at radius 3 is 2.64 bits per heavy atom. The van der Waals surface area contributed by atoms with Gasteiger partial charge in [0.25, 0.3) is 11.6 Å². The lowest BCUT2D eigenvalue weighted by Crippen LogP contribution is -2.11. The van der Waals surface area contributed by atoms with E-state index in [1.807, 2.05) is 57.2 Å². The Hall–Kier alpha value is -2.76. The summed E-state index contributed by atoms with van der Waals surface area (Å²) in [5.41, 5.74) is 2.62. The summed E-state index contributed by atoms with van der Waals surface area (Å²) in [5.74, 6) is -0.139. The van der Waals surface area contributed by atoms with E-state index < -0.39 is 5.97 Å². The quantitative estimate of drug-likeness (QED) is 0.695. The van der Waals surface area contributed by atoms with Gasteiger partial charge in [-0.05, 0) is 32.4 Å². The third-order valence-corrected chi connectivity index (χ3v) is 3.35. The van der Waals surface area contributed by atoms with Crippen molar-refractivity contribution in [3.63, 3.8) is 0 Å². The van der Waals surface area contributed by atoms with Crippen LogP contribution in [-0.4, -0.2) is 25.6 Å². The molecule has 0 aliphatic heterocycles. The molecule has 0 saturated carbocycles. The summed E-state index contributed by atoms with van der Waals surface area (Å²) in [6.45, 7) is 5.58. The van der Waals surface area contributed by atoms with Crippen LogP contribution in [0, 0.1) is 13.8 Å². The van der Waals surface area contributed by atoms with E-state index in [1.54, 1.807) is 0 Å². The van der Waals surface area contributed by atoms with E-state index in [4.69, 9.17) is 4.74 Å². The fraction of sp³-hybridized carbons (Fsp3) is 0.250. The lowest BCUT2D eigenvalue weighted by molar-refractivity contribution is 0.0323. The van der Waals surface area contributed by atoms with Crippen LogP contribution in [0.5, 0.6) is 0 Å². The molecular formula is C16H16N4O2. The van der Waals surface area contributed by atoms with E-state index in [0.717, 1.165) is 17.0 Å². The molecular weight excluding hydrogens is 280 g/mol. The van der Waals surface area contributed by atoms with E-state index >= 15 is 0 Å². The van der Waals surface area contributed by atoms with Crippen LogP contribution in [0.15, 0.2) is 36.4 Å². The van der Waals surface area contributed by atoms with Crippen molar-refractivity contribution in [2.75, 3.05) is 0 Å². The summed E-state index contributed by atoms with van der Waals surface area (Å²) >= 11 is 0. The molecule has 0 fully saturated rings. The molecule has 2 heterocycles. The number of carbonyl (C=O) groups excluding carboxylic acids is 1. The number of benzene rings is 1. The summed E-state index contributed by atoms with van der Waals surface area (Å²) in [4.78, 5) is 20.6. The van der Waals surface area contributed by atoms with Gasteiger partial charge in [-0.3, -0.25) is 0 Å². The van der Waals surface area contributed by atoms with E-state index in [0.29, 0.717) is 5.78 Å². The summed E-state index contributed by atoms with van der Waals surface area (Å²) in [7, 11) is 0. The van der Waals surface area contributed by atoms with Gasteiger partial charge in [-0.1, -0.05) is 30.3 Å². The predicted octanol–water partition coefficient (Wildman–Crippen LogP) is 2.66. The van der Waals surface area contributed by atoms with Crippen LogP contribution in [0.1, 0.15) is 40.6 Å². The number of aryl methyl sites for hydroxylation is 2. The van der Waals surface area contributed by atoms with E-state index in [1.165, 1.54) is 4.52 Å². The molecule has 0 N–H and O–H groups in total. The molecule has 3 rings (SSSR count).